The standard InChI is InChI=1S/C20H24N4O2/c1-15-21-12-16(13-22-15)14-23-6-2-7-24(9-8-23)20(25)18-3-4-19-17(11-18)5-10-26-19/h3-4,11-13H,2,5-10,14H2,1H3. The van der Waals surface area contributed by atoms with Crippen LogP contribution in [-0.4, -0.2) is 58.5 Å². The number of fused-ring (bicyclic) bond motifs is 1. The van der Waals surface area contributed by atoms with E-state index in [9.17, 15) is 4.79 Å². The zero-order chi connectivity index (χ0) is 17.9. The minimum atomic E-state index is 0.125. The lowest BCUT2D eigenvalue weighted by Crippen LogP contribution is -2.35. The summed E-state index contributed by atoms with van der Waals surface area (Å²) in [6, 6.07) is 5.81. The molecule has 1 saturated heterocycles. The van der Waals surface area contributed by atoms with Crippen LogP contribution >= 0.6 is 0 Å². The van der Waals surface area contributed by atoms with E-state index in [-0.39, 0.29) is 5.91 Å². The summed E-state index contributed by atoms with van der Waals surface area (Å²) in [5.74, 6) is 1.84. The molecular weight excluding hydrogens is 328 g/mol. The monoisotopic (exact) mass is 352 g/mol. The maximum atomic E-state index is 12.9. The lowest BCUT2D eigenvalue weighted by molar-refractivity contribution is 0.0761. The average molecular weight is 352 g/mol. The quantitative estimate of drug-likeness (QED) is 0.846. The Bertz CT molecular complexity index is 791. The van der Waals surface area contributed by atoms with Crippen molar-refractivity contribution >= 4 is 5.91 Å². The molecule has 0 aliphatic carbocycles. The second kappa shape index (κ2) is 7.41. The summed E-state index contributed by atoms with van der Waals surface area (Å²) >= 11 is 0. The molecule has 136 valence electrons. The van der Waals surface area contributed by atoms with E-state index in [0.717, 1.165) is 73.8 Å². The fourth-order valence-corrected chi connectivity index (χ4v) is 3.59. The van der Waals surface area contributed by atoms with Crippen molar-refractivity contribution in [1.82, 2.24) is 19.8 Å². The number of carbonyl (C=O) groups is 1. The molecule has 0 bridgehead atoms. The summed E-state index contributed by atoms with van der Waals surface area (Å²) in [7, 11) is 0. The van der Waals surface area contributed by atoms with E-state index < -0.39 is 0 Å². The Morgan fingerprint density at radius 1 is 1.15 bits per heavy atom. The molecule has 0 atom stereocenters. The highest BCUT2D eigenvalue weighted by atomic mass is 16.5. The number of amides is 1. The topological polar surface area (TPSA) is 58.6 Å². The van der Waals surface area contributed by atoms with Gasteiger partial charge in [-0.2, -0.15) is 0 Å². The van der Waals surface area contributed by atoms with Crippen molar-refractivity contribution in [3.8, 4) is 5.75 Å². The van der Waals surface area contributed by atoms with Gasteiger partial charge in [-0.25, -0.2) is 9.97 Å². The van der Waals surface area contributed by atoms with Crippen LogP contribution in [-0.2, 0) is 13.0 Å². The van der Waals surface area contributed by atoms with Crippen LogP contribution in [0.2, 0.25) is 0 Å². The summed E-state index contributed by atoms with van der Waals surface area (Å²) < 4.78 is 5.53. The van der Waals surface area contributed by atoms with E-state index in [1.165, 1.54) is 0 Å². The fraction of sp³-hybridized carbons (Fsp3) is 0.450. The van der Waals surface area contributed by atoms with Crippen molar-refractivity contribution < 1.29 is 9.53 Å². The molecule has 1 aromatic carbocycles. The molecule has 1 aromatic heterocycles. The number of ether oxygens (including phenoxy) is 1. The van der Waals surface area contributed by atoms with Gasteiger partial charge in [0.15, 0.2) is 0 Å². The Labute approximate surface area is 153 Å². The van der Waals surface area contributed by atoms with Gasteiger partial charge in [0.25, 0.3) is 5.91 Å². The van der Waals surface area contributed by atoms with Crippen LogP contribution in [0.4, 0.5) is 0 Å². The number of hydrogen-bond donors (Lipinski definition) is 0. The molecule has 0 spiro atoms. The van der Waals surface area contributed by atoms with Gasteiger partial charge in [-0.05, 0) is 37.1 Å². The third kappa shape index (κ3) is 3.70. The first kappa shape index (κ1) is 17.0. The lowest BCUT2D eigenvalue weighted by Gasteiger charge is -2.22. The van der Waals surface area contributed by atoms with Crippen LogP contribution in [0.3, 0.4) is 0 Å². The van der Waals surface area contributed by atoms with Crippen molar-refractivity contribution in [3.63, 3.8) is 0 Å². The third-order valence-corrected chi connectivity index (χ3v) is 5.05. The largest absolute Gasteiger partial charge is 0.493 e. The molecule has 4 rings (SSSR count). The van der Waals surface area contributed by atoms with E-state index in [1.54, 1.807) is 0 Å². The molecule has 0 radical (unpaired) electrons. The molecule has 6 nitrogen and oxygen atoms in total. The predicted octanol–water partition coefficient (Wildman–Crippen LogP) is 2.07. The fourth-order valence-electron chi connectivity index (χ4n) is 3.59. The Balaban J connectivity index is 1.38. The molecule has 0 saturated carbocycles. The van der Waals surface area contributed by atoms with Gasteiger partial charge >= 0.3 is 0 Å². The smallest absolute Gasteiger partial charge is 0.253 e. The van der Waals surface area contributed by atoms with Crippen molar-refractivity contribution in [1.29, 1.82) is 0 Å². The number of benzene rings is 1. The maximum Gasteiger partial charge on any atom is 0.253 e. The summed E-state index contributed by atoms with van der Waals surface area (Å²) in [5, 5.41) is 0. The molecule has 2 aliphatic heterocycles. The van der Waals surface area contributed by atoms with Gasteiger partial charge < -0.3 is 9.64 Å². The molecule has 1 fully saturated rings. The molecular formula is C20H24N4O2. The zero-order valence-corrected chi connectivity index (χ0v) is 15.1. The summed E-state index contributed by atoms with van der Waals surface area (Å²) in [4.78, 5) is 25.8. The molecule has 1 amide bonds. The summed E-state index contributed by atoms with van der Waals surface area (Å²) in [6.45, 7) is 6.84. The van der Waals surface area contributed by atoms with Gasteiger partial charge in [0.05, 0.1) is 6.61 Å². The minimum absolute atomic E-state index is 0.125. The number of nitrogens with zero attached hydrogens (tertiary/aromatic N) is 4. The Hall–Kier alpha value is -2.47. The number of carbonyl (C=O) groups excluding carboxylic acids is 1. The first-order valence-electron chi connectivity index (χ1n) is 9.24. The first-order chi connectivity index (χ1) is 12.7. The van der Waals surface area contributed by atoms with Crippen LogP contribution in [0.5, 0.6) is 5.75 Å². The van der Waals surface area contributed by atoms with Crippen molar-refractivity contribution in [2.45, 2.75) is 26.3 Å². The minimum Gasteiger partial charge on any atom is -0.493 e. The number of aryl methyl sites for hydroxylation is 1. The van der Waals surface area contributed by atoms with Crippen LogP contribution in [0, 0.1) is 6.92 Å². The molecule has 0 N–H and O–H groups in total. The molecule has 0 unspecified atom stereocenters. The van der Waals surface area contributed by atoms with E-state index >= 15 is 0 Å². The van der Waals surface area contributed by atoms with E-state index in [0.29, 0.717) is 6.61 Å². The van der Waals surface area contributed by atoms with Gasteiger partial charge in [0.1, 0.15) is 11.6 Å². The highest BCUT2D eigenvalue weighted by Crippen LogP contribution is 2.26. The Kier molecular flexibility index (Phi) is 4.84. The molecule has 26 heavy (non-hydrogen) atoms. The van der Waals surface area contributed by atoms with Crippen molar-refractivity contribution in [2.24, 2.45) is 0 Å². The Morgan fingerprint density at radius 3 is 2.85 bits per heavy atom. The predicted molar refractivity (Wildman–Crippen MR) is 98.2 cm³/mol. The van der Waals surface area contributed by atoms with Gasteiger partial charge in [-0.3, -0.25) is 9.69 Å². The van der Waals surface area contributed by atoms with Crippen molar-refractivity contribution in [2.75, 3.05) is 32.8 Å². The lowest BCUT2D eigenvalue weighted by atomic mass is 10.1. The highest BCUT2D eigenvalue weighted by Gasteiger charge is 2.22. The van der Waals surface area contributed by atoms with E-state index in [2.05, 4.69) is 14.9 Å². The molecule has 3 heterocycles. The highest BCUT2D eigenvalue weighted by molar-refractivity contribution is 5.94. The van der Waals surface area contributed by atoms with Gasteiger partial charge in [-0.15, -0.1) is 0 Å². The SMILES string of the molecule is Cc1ncc(CN2CCCN(C(=O)c3ccc4c(c3)CCO4)CC2)cn1. The number of rotatable bonds is 3. The zero-order valence-electron chi connectivity index (χ0n) is 15.1. The summed E-state index contributed by atoms with van der Waals surface area (Å²) in [6.07, 6.45) is 5.65. The van der Waals surface area contributed by atoms with Gasteiger partial charge in [0.2, 0.25) is 0 Å². The molecule has 2 aliphatic rings. The summed E-state index contributed by atoms with van der Waals surface area (Å²) in [5.41, 5.74) is 3.04. The van der Waals surface area contributed by atoms with Gasteiger partial charge in [-0.1, -0.05) is 0 Å². The third-order valence-electron chi connectivity index (χ3n) is 5.05. The molecule has 2 aromatic rings. The first-order valence-corrected chi connectivity index (χ1v) is 9.24. The van der Waals surface area contributed by atoms with Crippen LogP contribution < -0.4 is 4.74 Å². The second-order valence-corrected chi connectivity index (χ2v) is 6.98. The second-order valence-electron chi connectivity index (χ2n) is 6.98. The molecule has 6 heteroatoms. The van der Waals surface area contributed by atoms with Gasteiger partial charge in [0, 0.05) is 62.7 Å². The van der Waals surface area contributed by atoms with E-state index in [1.807, 2.05) is 42.4 Å². The number of aromatic nitrogens is 2. The van der Waals surface area contributed by atoms with Crippen LogP contribution in [0.25, 0.3) is 0 Å². The number of hydrogen-bond acceptors (Lipinski definition) is 5. The maximum absolute atomic E-state index is 12.9. The van der Waals surface area contributed by atoms with Crippen LogP contribution in [0.15, 0.2) is 30.6 Å². The van der Waals surface area contributed by atoms with Crippen LogP contribution in [0.1, 0.15) is 33.7 Å². The van der Waals surface area contributed by atoms with E-state index in [4.69, 9.17) is 4.74 Å². The normalized spacial score (nSPS) is 17.5. The Morgan fingerprint density at radius 2 is 2.00 bits per heavy atom. The van der Waals surface area contributed by atoms with Crippen molar-refractivity contribution in [3.05, 3.63) is 53.1 Å². The average Bonchev–Trinajstić information content (AvgIpc) is 3.01.